The first kappa shape index (κ1) is 17.7. The molecule has 5 heteroatoms. The Kier molecular flexibility index (Phi) is 4.97. The van der Waals surface area contributed by atoms with Crippen LogP contribution in [0.25, 0.3) is 6.08 Å². The Bertz CT molecular complexity index is 1070. The number of para-hydroxylation sites is 1. The summed E-state index contributed by atoms with van der Waals surface area (Å²) in [4.78, 5) is 17.1. The van der Waals surface area contributed by atoms with Crippen LogP contribution < -0.4 is 4.74 Å². The van der Waals surface area contributed by atoms with E-state index >= 15 is 0 Å². The molecule has 0 unspecified atom stereocenters. The third-order valence-electron chi connectivity index (χ3n) is 4.24. The minimum absolute atomic E-state index is 0.210. The summed E-state index contributed by atoms with van der Waals surface area (Å²) in [6.07, 6.45) is 1.70. The number of ether oxygens (including phenoxy) is 1. The number of halogens is 1. The largest absolute Gasteiger partial charge is 0.488 e. The van der Waals surface area contributed by atoms with Gasteiger partial charge in [0, 0.05) is 11.1 Å². The number of benzene rings is 3. The van der Waals surface area contributed by atoms with Crippen molar-refractivity contribution in [1.82, 2.24) is 0 Å². The smallest absolute Gasteiger partial charge is 0.368 e. The van der Waals surface area contributed by atoms with Gasteiger partial charge in [-0.05, 0) is 29.8 Å². The fourth-order valence-electron chi connectivity index (χ4n) is 2.89. The maximum absolute atomic E-state index is 13.4. The standard InChI is InChI=1S/C23H16FNO3/c24-19-11-6-7-16(13-19)15-27-21-12-5-4-10-18(21)14-20-22(25-28-23(20)26)17-8-2-1-3-9-17/h1-14H,15H2/b20-14-. The van der Waals surface area contributed by atoms with Crippen LogP contribution in [0.5, 0.6) is 5.75 Å². The van der Waals surface area contributed by atoms with Gasteiger partial charge in [0.1, 0.15) is 23.9 Å². The van der Waals surface area contributed by atoms with Gasteiger partial charge in [-0.15, -0.1) is 0 Å². The zero-order chi connectivity index (χ0) is 19.3. The number of nitrogens with zero attached hydrogens (tertiary/aromatic N) is 1. The molecule has 0 bridgehead atoms. The average molecular weight is 373 g/mol. The molecule has 138 valence electrons. The number of carbonyl (C=O) groups is 1. The summed E-state index contributed by atoms with van der Waals surface area (Å²) < 4.78 is 19.2. The molecule has 0 saturated carbocycles. The summed E-state index contributed by atoms with van der Waals surface area (Å²) >= 11 is 0. The monoisotopic (exact) mass is 373 g/mol. The molecule has 0 N–H and O–H groups in total. The molecule has 0 spiro atoms. The second-order valence-electron chi connectivity index (χ2n) is 6.20. The van der Waals surface area contributed by atoms with Gasteiger partial charge in [-0.3, -0.25) is 0 Å². The molecule has 0 saturated heterocycles. The number of hydrogen-bond acceptors (Lipinski definition) is 4. The van der Waals surface area contributed by atoms with Crippen molar-refractivity contribution < 1.29 is 18.8 Å². The van der Waals surface area contributed by atoms with Gasteiger partial charge in [-0.2, -0.15) is 0 Å². The molecule has 1 aliphatic rings. The fourth-order valence-corrected chi connectivity index (χ4v) is 2.89. The van der Waals surface area contributed by atoms with Crippen molar-refractivity contribution in [2.45, 2.75) is 6.61 Å². The van der Waals surface area contributed by atoms with Crippen LogP contribution in [-0.2, 0) is 16.2 Å². The first-order valence-corrected chi connectivity index (χ1v) is 8.74. The van der Waals surface area contributed by atoms with Crippen molar-refractivity contribution in [1.29, 1.82) is 0 Å². The quantitative estimate of drug-likeness (QED) is 0.479. The van der Waals surface area contributed by atoms with Crippen LogP contribution in [0, 0.1) is 5.82 Å². The van der Waals surface area contributed by atoms with E-state index in [0.717, 1.165) is 5.56 Å². The number of rotatable bonds is 5. The number of hydrogen-bond donors (Lipinski definition) is 0. The molecule has 0 fully saturated rings. The summed E-state index contributed by atoms with van der Waals surface area (Å²) in [7, 11) is 0. The summed E-state index contributed by atoms with van der Waals surface area (Å²) in [5.74, 6) is -0.251. The van der Waals surface area contributed by atoms with E-state index in [1.54, 1.807) is 24.3 Å². The average Bonchev–Trinajstić information content (AvgIpc) is 3.08. The van der Waals surface area contributed by atoms with E-state index in [4.69, 9.17) is 9.57 Å². The van der Waals surface area contributed by atoms with Crippen LogP contribution in [0.2, 0.25) is 0 Å². The van der Waals surface area contributed by atoms with Crippen molar-refractivity contribution in [3.63, 3.8) is 0 Å². The molecule has 1 heterocycles. The second-order valence-corrected chi connectivity index (χ2v) is 6.20. The predicted molar refractivity (Wildman–Crippen MR) is 104 cm³/mol. The molecule has 0 aromatic heterocycles. The van der Waals surface area contributed by atoms with Gasteiger partial charge in [0.25, 0.3) is 0 Å². The summed E-state index contributed by atoms with van der Waals surface area (Å²) in [5, 5.41) is 3.91. The molecule has 0 radical (unpaired) electrons. The van der Waals surface area contributed by atoms with Crippen LogP contribution >= 0.6 is 0 Å². The van der Waals surface area contributed by atoms with Crippen molar-refractivity contribution in [2.75, 3.05) is 0 Å². The molecular formula is C23H16FNO3. The normalized spacial score (nSPS) is 14.7. The molecule has 4 nitrogen and oxygen atoms in total. The van der Waals surface area contributed by atoms with Gasteiger partial charge in [0.15, 0.2) is 0 Å². The Labute approximate surface area is 161 Å². The highest BCUT2D eigenvalue weighted by molar-refractivity contribution is 6.31. The maximum Gasteiger partial charge on any atom is 0.368 e. The van der Waals surface area contributed by atoms with Gasteiger partial charge < -0.3 is 9.57 Å². The predicted octanol–water partition coefficient (Wildman–Crippen LogP) is 4.75. The second kappa shape index (κ2) is 7.88. The van der Waals surface area contributed by atoms with Crippen molar-refractivity contribution in [3.8, 4) is 5.75 Å². The lowest BCUT2D eigenvalue weighted by molar-refractivity contribution is -0.136. The highest BCUT2D eigenvalue weighted by Crippen LogP contribution is 2.26. The van der Waals surface area contributed by atoms with Crippen LogP contribution in [0.3, 0.4) is 0 Å². The molecule has 1 aliphatic heterocycles. The molecule has 0 atom stereocenters. The van der Waals surface area contributed by atoms with Crippen LogP contribution in [-0.4, -0.2) is 11.7 Å². The first-order chi connectivity index (χ1) is 13.7. The summed E-state index contributed by atoms with van der Waals surface area (Å²) in [6, 6.07) is 22.9. The first-order valence-electron chi connectivity index (χ1n) is 8.74. The number of carbonyl (C=O) groups excluding carboxylic acids is 1. The van der Waals surface area contributed by atoms with Crippen molar-refractivity contribution >= 4 is 17.8 Å². The third-order valence-corrected chi connectivity index (χ3v) is 4.24. The molecule has 3 aromatic rings. The Morgan fingerprint density at radius 1 is 0.964 bits per heavy atom. The Hall–Kier alpha value is -3.73. The fraction of sp³-hybridized carbons (Fsp3) is 0.0435. The van der Waals surface area contributed by atoms with E-state index in [-0.39, 0.29) is 12.4 Å². The minimum Gasteiger partial charge on any atom is -0.488 e. The van der Waals surface area contributed by atoms with Crippen molar-refractivity contribution in [2.24, 2.45) is 5.16 Å². The minimum atomic E-state index is -0.515. The Morgan fingerprint density at radius 3 is 2.57 bits per heavy atom. The third kappa shape index (κ3) is 3.83. The topological polar surface area (TPSA) is 47.9 Å². The van der Waals surface area contributed by atoms with E-state index < -0.39 is 5.97 Å². The number of oxime groups is 1. The zero-order valence-electron chi connectivity index (χ0n) is 14.8. The lowest BCUT2D eigenvalue weighted by Crippen LogP contribution is -2.07. The van der Waals surface area contributed by atoms with Crippen LogP contribution in [0.4, 0.5) is 4.39 Å². The van der Waals surface area contributed by atoms with Gasteiger partial charge in [0.05, 0.1) is 5.57 Å². The zero-order valence-corrected chi connectivity index (χ0v) is 14.8. The molecule has 0 aliphatic carbocycles. The highest BCUT2D eigenvalue weighted by atomic mass is 19.1. The lowest BCUT2D eigenvalue weighted by atomic mass is 10.0. The van der Waals surface area contributed by atoms with Crippen LogP contribution in [0.15, 0.2) is 89.6 Å². The van der Waals surface area contributed by atoms with Gasteiger partial charge >= 0.3 is 5.97 Å². The van der Waals surface area contributed by atoms with E-state index in [9.17, 15) is 9.18 Å². The van der Waals surface area contributed by atoms with E-state index in [1.807, 2.05) is 48.5 Å². The Balaban J connectivity index is 1.62. The van der Waals surface area contributed by atoms with E-state index in [0.29, 0.717) is 28.2 Å². The van der Waals surface area contributed by atoms with Crippen molar-refractivity contribution in [3.05, 3.63) is 107 Å². The molecular weight excluding hydrogens is 357 g/mol. The lowest BCUT2D eigenvalue weighted by Gasteiger charge is -2.10. The van der Waals surface area contributed by atoms with Gasteiger partial charge in [-0.1, -0.05) is 65.8 Å². The van der Waals surface area contributed by atoms with Gasteiger partial charge in [0.2, 0.25) is 0 Å². The highest BCUT2D eigenvalue weighted by Gasteiger charge is 2.27. The van der Waals surface area contributed by atoms with E-state index in [1.165, 1.54) is 12.1 Å². The Morgan fingerprint density at radius 2 is 1.75 bits per heavy atom. The molecule has 3 aromatic carbocycles. The van der Waals surface area contributed by atoms with E-state index in [2.05, 4.69) is 5.16 Å². The molecule has 28 heavy (non-hydrogen) atoms. The SMILES string of the molecule is O=C1ON=C(c2ccccc2)/C1=C/c1ccccc1OCc1cccc(F)c1. The summed E-state index contributed by atoms with van der Waals surface area (Å²) in [6.45, 7) is 0.210. The molecule has 4 rings (SSSR count). The van der Waals surface area contributed by atoms with Gasteiger partial charge in [-0.25, -0.2) is 9.18 Å². The maximum atomic E-state index is 13.4. The van der Waals surface area contributed by atoms with Crippen LogP contribution in [0.1, 0.15) is 16.7 Å². The molecule has 0 amide bonds. The summed E-state index contributed by atoms with van der Waals surface area (Å²) in [5.41, 5.74) is 3.04.